The summed E-state index contributed by atoms with van der Waals surface area (Å²) in [6.45, 7) is 13.8. The van der Waals surface area contributed by atoms with Crippen LogP contribution in [0, 0.1) is 5.92 Å². The van der Waals surface area contributed by atoms with Gasteiger partial charge in [0, 0.05) is 24.4 Å². The predicted octanol–water partition coefficient (Wildman–Crippen LogP) is 4.56. The molecule has 0 radical (unpaired) electrons. The largest absolute Gasteiger partial charge is 0.461 e. The van der Waals surface area contributed by atoms with Gasteiger partial charge in [0.05, 0.1) is 6.61 Å². The molecular weight excluding hydrogens is 380 g/mol. The van der Waals surface area contributed by atoms with Crippen molar-refractivity contribution in [3.05, 3.63) is 16.1 Å². The minimum Gasteiger partial charge on any atom is -0.461 e. The van der Waals surface area contributed by atoms with E-state index in [1.54, 1.807) is 11.8 Å². The average Bonchev–Trinajstić information content (AvgIpc) is 3.06. The Labute approximate surface area is 171 Å². The lowest BCUT2D eigenvalue weighted by atomic mass is 9.97. The highest BCUT2D eigenvalue weighted by Gasteiger charge is 2.32. The first-order valence-corrected chi connectivity index (χ1v) is 10.5. The molecule has 8 heteroatoms. The number of ether oxygens (including phenoxy) is 2. The monoisotopic (exact) mass is 412 g/mol. The molecule has 28 heavy (non-hydrogen) atoms. The maximum atomic E-state index is 12.8. The Morgan fingerprint density at radius 1 is 1.21 bits per heavy atom. The molecule has 1 rings (SSSR count). The second-order valence-corrected chi connectivity index (χ2v) is 8.73. The van der Waals surface area contributed by atoms with Crippen LogP contribution < -0.4 is 0 Å². The normalized spacial score (nSPS) is 12.6. The van der Waals surface area contributed by atoms with Crippen molar-refractivity contribution in [1.82, 2.24) is 9.88 Å². The number of amides is 1. The highest BCUT2D eigenvalue weighted by atomic mass is 32.1. The van der Waals surface area contributed by atoms with Crippen molar-refractivity contribution in [3.8, 4) is 0 Å². The van der Waals surface area contributed by atoms with E-state index in [0.29, 0.717) is 6.54 Å². The first kappa shape index (κ1) is 24.1. The van der Waals surface area contributed by atoms with Crippen LogP contribution in [0.5, 0.6) is 0 Å². The number of carbonyl (C=O) groups is 3. The Kier molecular flexibility index (Phi) is 9.07. The van der Waals surface area contributed by atoms with Gasteiger partial charge in [0.25, 0.3) is 0 Å². The first-order valence-electron chi connectivity index (χ1n) is 9.65. The van der Waals surface area contributed by atoms with Crippen LogP contribution in [0.25, 0.3) is 0 Å². The molecular formula is C20H32N2O5S. The molecule has 0 aliphatic carbocycles. The fraction of sp³-hybridized carbons (Fsp3) is 0.700. The summed E-state index contributed by atoms with van der Waals surface area (Å²) < 4.78 is 10.4. The molecule has 0 fully saturated rings. The van der Waals surface area contributed by atoms with E-state index in [0.717, 1.165) is 17.8 Å². The van der Waals surface area contributed by atoms with Crippen LogP contribution in [0.4, 0.5) is 4.79 Å². The van der Waals surface area contributed by atoms with Crippen molar-refractivity contribution in [2.45, 2.75) is 73.0 Å². The lowest BCUT2D eigenvalue weighted by Crippen LogP contribution is -2.47. The van der Waals surface area contributed by atoms with Crippen LogP contribution in [-0.2, 0) is 9.47 Å². The van der Waals surface area contributed by atoms with Gasteiger partial charge in [-0.05, 0) is 40.0 Å². The summed E-state index contributed by atoms with van der Waals surface area (Å²) in [5.74, 6) is -0.698. The smallest absolute Gasteiger partial charge is 0.410 e. The summed E-state index contributed by atoms with van der Waals surface area (Å²) in [6.07, 6.45) is 0.445. The Balaban J connectivity index is 2.99. The topological polar surface area (TPSA) is 85.8 Å². The molecule has 0 spiro atoms. The fourth-order valence-corrected chi connectivity index (χ4v) is 3.38. The fourth-order valence-electron chi connectivity index (χ4n) is 2.64. The molecule has 0 saturated heterocycles. The number of hydrogen-bond donors (Lipinski definition) is 0. The maximum absolute atomic E-state index is 12.8. The maximum Gasteiger partial charge on any atom is 0.410 e. The summed E-state index contributed by atoms with van der Waals surface area (Å²) in [7, 11) is 0. The summed E-state index contributed by atoms with van der Waals surface area (Å²) in [6, 6.07) is -0.322. The van der Waals surface area contributed by atoms with Crippen molar-refractivity contribution >= 4 is 29.2 Å². The molecule has 0 aliphatic rings. The third-order valence-corrected chi connectivity index (χ3v) is 4.77. The average molecular weight is 413 g/mol. The highest BCUT2D eigenvalue weighted by Crippen LogP contribution is 2.22. The molecule has 0 bridgehead atoms. The summed E-state index contributed by atoms with van der Waals surface area (Å²) >= 11 is 1.11. The van der Waals surface area contributed by atoms with E-state index < -0.39 is 17.7 Å². The second-order valence-electron chi connectivity index (χ2n) is 7.87. The van der Waals surface area contributed by atoms with Gasteiger partial charge in [0.15, 0.2) is 16.5 Å². The quantitative estimate of drug-likeness (QED) is 0.436. The molecule has 0 N–H and O–H groups in total. The number of nitrogens with zero attached hydrogens (tertiary/aromatic N) is 2. The van der Waals surface area contributed by atoms with E-state index in [2.05, 4.69) is 4.98 Å². The van der Waals surface area contributed by atoms with E-state index in [4.69, 9.17) is 9.47 Å². The minimum atomic E-state index is -0.613. The molecule has 1 heterocycles. The van der Waals surface area contributed by atoms with Gasteiger partial charge in [-0.1, -0.05) is 20.8 Å². The van der Waals surface area contributed by atoms with Gasteiger partial charge in [-0.3, -0.25) is 4.79 Å². The number of carbonyl (C=O) groups excluding carboxylic acids is 3. The van der Waals surface area contributed by atoms with Gasteiger partial charge in [-0.25, -0.2) is 14.6 Å². The number of thiazole rings is 1. The van der Waals surface area contributed by atoms with Crippen LogP contribution in [0.2, 0.25) is 0 Å². The number of hydrogen-bond acceptors (Lipinski definition) is 7. The van der Waals surface area contributed by atoms with E-state index in [1.807, 2.05) is 41.5 Å². The molecule has 0 aromatic carbocycles. The summed E-state index contributed by atoms with van der Waals surface area (Å²) in [5, 5.41) is 1.77. The van der Waals surface area contributed by atoms with Crippen LogP contribution in [0.15, 0.2) is 5.38 Å². The third kappa shape index (κ3) is 7.22. The van der Waals surface area contributed by atoms with Crippen molar-refractivity contribution in [1.29, 1.82) is 0 Å². The van der Waals surface area contributed by atoms with Crippen molar-refractivity contribution in [2.24, 2.45) is 5.92 Å². The Morgan fingerprint density at radius 3 is 2.36 bits per heavy atom. The summed E-state index contributed by atoms with van der Waals surface area (Å²) in [5.41, 5.74) is -0.479. The van der Waals surface area contributed by atoms with E-state index in [-0.39, 0.29) is 41.5 Å². The van der Waals surface area contributed by atoms with Crippen LogP contribution in [0.1, 0.15) is 81.6 Å². The molecule has 7 nitrogen and oxygen atoms in total. The second kappa shape index (κ2) is 10.5. The number of esters is 1. The Morgan fingerprint density at radius 2 is 1.86 bits per heavy atom. The van der Waals surface area contributed by atoms with Gasteiger partial charge in [-0.2, -0.15) is 0 Å². The van der Waals surface area contributed by atoms with Gasteiger partial charge >= 0.3 is 12.1 Å². The van der Waals surface area contributed by atoms with Gasteiger partial charge in [-0.15, -0.1) is 11.3 Å². The molecule has 0 aliphatic heterocycles. The molecule has 1 aromatic rings. The third-order valence-electron chi connectivity index (χ3n) is 3.88. The van der Waals surface area contributed by atoms with Crippen molar-refractivity contribution < 1.29 is 23.9 Å². The molecule has 1 unspecified atom stereocenters. The van der Waals surface area contributed by atoms with Crippen LogP contribution in [0.3, 0.4) is 0 Å². The van der Waals surface area contributed by atoms with E-state index >= 15 is 0 Å². The zero-order chi connectivity index (χ0) is 21.5. The lowest BCUT2D eigenvalue weighted by molar-refractivity contribution is 0.0105. The standard InChI is InChI=1S/C20H32N2O5S/c1-8-10-22(19(25)27-20(5,6)7)15(13(3)4)11-16(23)17-21-14(12-28-17)18(24)26-9-2/h12-13,15H,8-11H2,1-7H3. The van der Waals surface area contributed by atoms with Crippen LogP contribution >= 0.6 is 11.3 Å². The van der Waals surface area contributed by atoms with Gasteiger partial charge in [0.2, 0.25) is 0 Å². The Hall–Kier alpha value is -1.96. The SMILES string of the molecule is CCCN(C(=O)OC(C)(C)C)C(CC(=O)c1nc(C(=O)OCC)cs1)C(C)C. The van der Waals surface area contributed by atoms with E-state index in [1.165, 1.54) is 5.38 Å². The number of ketones is 1. The first-order chi connectivity index (χ1) is 13.0. The van der Waals surface area contributed by atoms with Gasteiger partial charge in [0.1, 0.15) is 5.60 Å². The van der Waals surface area contributed by atoms with Gasteiger partial charge < -0.3 is 14.4 Å². The minimum absolute atomic E-state index is 0.0486. The molecule has 158 valence electrons. The number of aromatic nitrogens is 1. The predicted molar refractivity (Wildman–Crippen MR) is 109 cm³/mol. The summed E-state index contributed by atoms with van der Waals surface area (Å²) in [4.78, 5) is 43.0. The molecule has 0 saturated carbocycles. The molecule has 1 amide bonds. The Bertz CT molecular complexity index is 678. The zero-order valence-electron chi connectivity index (χ0n) is 17.9. The van der Waals surface area contributed by atoms with Crippen molar-refractivity contribution in [2.75, 3.05) is 13.2 Å². The zero-order valence-corrected chi connectivity index (χ0v) is 18.7. The molecule has 1 aromatic heterocycles. The highest BCUT2D eigenvalue weighted by molar-refractivity contribution is 7.11. The molecule has 1 atom stereocenters. The van der Waals surface area contributed by atoms with Crippen LogP contribution in [-0.4, -0.2) is 52.5 Å². The number of rotatable bonds is 9. The van der Waals surface area contributed by atoms with Crippen molar-refractivity contribution in [3.63, 3.8) is 0 Å². The lowest BCUT2D eigenvalue weighted by Gasteiger charge is -2.35. The van der Waals surface area contributed by atoms with E-state index in [9.17, 15) is 14.4 Å². The number of Topliss-reactive ketones (excluding diaryl/α,β-unsaturated/α-hetero) is 1.